The van der Waals surface area contributed by atoms with Crippen LogP contribution >= 0.6 is 11.3 Å². The van der Waals surface area contributed by atoms with E-state index in [1.54, 1.807) is 24.3 Å². The van der Waals surface area contributed by atoms with Crippen LogP contribution in [0.15, 0.2) is 40.6 Å². The summed E-state index contributed by atoms with van der Waals surface area (Å²) in [4.78, 5) is 0.981. The first-order chi connectivity index (χ1) is 9.47. The van der Waals surface area contributed by atoms with Gasteiger partial charge in [0.2, 0.25) is 10.0 Å². The number of hydrogen-bond donors (Lipinski definition) is 2. The highest BCUT2D eigenvalue weighted by Crippen LogP contribution is 2.20. The predicted molar refractivity (Wildman–Crippen MR) is 80.7 cm³/mol. The fourth-order valence-electron chi connectivity index (χ4n) is 1.79. The van der Waals surface area contributed by atoms with E-state index in [1.165, 1.54) is 11.3 Å². The zero-order valence-corrected chi connectivity index (χ0v) is 12.8. The van der Waals surface area contributed by atoms with Crippen molar-refractivity contribution in [3.63, 3.8) is 0 Å². The Morgan fingerprint density at radius 3 is 2.45 bits per heavy atom. The van der Waals surface area contributed by atoms with E-state index in [0.717, 1.165) is 16.9 Å². The molecule has 2 rings (SSSR count). The fourth-order valence-corrected chi connectivity index (χ4v) is 4.19. The Balaban J connectivity index is 1.82. The number of phenolic OH excluding ortho intramolecular Hbond substituents is 1. The summed E-state index contributed by atoms with van der Waals surface area (Å²) in [6.07, 6.45) is 1.49. The molecule has 0 bridgehead atoms. The van der Waals surface area contributed by atoms with Crippen LogP contribution in [0.2, 0.25) is 0 Å². The molecule has 2 aromatic rings. The van der Waals surface area contributed by atoms with E-state index in [0.29, 0.717) is 17.2 Å². The lowest BCUT2D eigenvalue weighted by Gasteiger charge is -2.05. The topological polar surface area (TPSA) is 66.4 Å². The van der Waals surface area contributed by atoms with Crippen molar-refractivity contribution >= 4 is 21.4 Å². The van der Waals surface area contributed by atoms with Gasteiger partial charge in [-0.1, -0.05) is 12.1 Å². The second kappa shape index (κ2) is 6.39. The second-order valence-corrected chi connectivity index (χ2v) is 7.81. The number of phenols is 1. The highest BCUT2D eigenvalue weighted by molar-refractivity contribution is 7.91. The molecule has 6 heteroatoms. The lowest BCUT2D eigenvalue weighted by atomic mass is 10.1. The van der Waals surface area contributed by atoms with Crippen LogP contribution in [-0.4, -0.2) is 20.1 Å². The highest BCUT2D eigenvalue weighted by atomic mass is 32.2. The van der Waals surface area contributed by atoms with Gasteiger partial charge >= 0.3 is 0 Å². The van der Waals surface area contributed by atoms with Gasteiger partial charge < -0.3 is 5.11 Å². The van der Waals surface area contributed by atoms with Crippen LogP contribution in [0, 0.1) is 6.92 Å². The minimum absolute atomic E-state index is 0.238. The molecule has 4 nitrogen and oxygen atoms in total. The van der Waals surface area contributed by atoms with Gasteiger partial charge in [-0.3, -0.25) is 0 Å². The molecule has 1 aromatic heterocycles. The Hall–Kier alpha value is -1.37. The van der Waals surface area contributed by atoms with Crippen molar-refractivity contribution < 1.29 is 13.5 Å². The normalized spacial score (nSPS) is 11.7. The number of hydrogen-bond acceptors (Lipinski definition) is 4. The fraction of sp³-hybridized carbons (Fsp3) is 0.286. The molecule has 0 radical (unpaired) electrons. The smallest absolute Gasteiger partial charge is 0.250 e. The van der Waals surface area contributed by atoms with Crippen molar-refractivity contribution in [1.29, 1.82) is 0 Å². The molecule has 0 aliphatic carbocycles. The van der Waals surface area contributed by atoms with Crippen LogP contribution in [0.4, 0.5) is 0 Å². The van der Waals surface area contributed by atoms with Gasteiger partial charge in [-0.15, -0.1) is 11.3 Å². The average molecular weight is 311 g/mol. The van der Waals surface area contributed by atoms with Crippen molar-refractivity contribution in [3.8, 4) is 5.75 Å². The van der Waals surface area contributed by atoms with Gasteiger partial charge in [-0.2, -0.15) is 0 Å². The van der Waals surface area contributed by atoms with Crippen molar-refractivity contribution in [2.45, 2.75) is 24.0 Å². The number of aromatic hydroxyl groups is 1. The van der Waals surface area contributed by atoms with Gasteiger partial charge in [0.1, 0.15) is 9.96 Å². The molecule has 0 saturated carbocycles. The van der Waals surface area contributed by atoms with Crippen molar-refractivity contribution in [1.82, 2.24) is 4.72 Å². The molecule has 108 valence electrons. The SMILES string of the molecule is Cc1ccc(S(=O)(=O)NCCCc2ccc(O)cc2)s1. The average Bonchev–Trinajstić information content (AvgIpc) is 2.84. The summed E-state index contributed by atoms with van der Waals surface area (Å²) in [5, 5.41) is 9.17. The van der Waals surface area contributed by atoms with Crippen LogP contribution in [0.5, 0.6) is 5.75 Å². The molecule has 0 amide bonds. The van der Waals surface area contributed by atoms with E-state index in [4.69, 9.17) is 0 Å². The molecule has 0 saturated heterocycles. The summed E-state index contributed by atoms with van der Waals surface area (Å²) in [5.74, 6) is 0.238. The third kappa shape index (κ3) is 4.06. The number of benzene rings is 1. The first-order valence-electron chi connectivity index (χ1n) is 6.31. The minimum Gasteiger partial charge on any atom is -0.508 e. The number of aryl methyl sites for hydroxylation is 2. The van der Waals surface area contributed by atoms with E-state index < -0.39 is 10.0 Å². The molecule has 0 aliphatic rings. The Bertz CT molecular complexity index is 660. The molecule has 0 unspecified atom stereocenters. The predicted octanol–water partition coefficient (Wildman–Crippen LogP) is 2.67. The first-order valence-corrected chi connectivity index (χ1v) is 8.61. The third-order valence-electron chi connectivity index (χ3n) is 2.85. The van der Waals surface area contributed by atoms with Crippen LogP contribution in [0.3, 0.4) is 0 Å². The number of nitrogens with one attached hydrogen (secondary N) is 1. The molecule has 0 spiro atoms. The molecule has 1 heterocycles. The van der Waals surface area contributed by atoms with Crippen molar-refractivity contribution in [2.24, 2.45) is 0 Å². The standard InChI is InChI=1S/C14H17NO3S2/c1-11-4-9-14(19-11)20(17,18)15-10-2-3-12-5-7-13(16)8-6-12/h4-9,15-16H,2-3,10H2,1H3. The van der Waals surface area contributed by atoms with Gasteiger partial charge in [-0.25, -0.2) is 13.1 Å². The van der Waals surface area contributed by atoms with Crippen molar-refractivity contribution in [2.75, 3.05) is 6.54 Å². The van der Waals surface area contributed by atoms with Gasteiger partial charge in [0.25, 0.3) is 0 Å². The summed E-state index contributed by atoms with van der Waals surface area (Å²) in [6, 6.07) is 10.4. The Morgan fingerprint density at radius 2 is 1.85 bits per heavy atom. The van der Waals surface area contributed by atoms with Gasteiger partial charge in [0, 0.05) is 11.4 Å². The highest BCUT2D eigenvalue weighted by Gasteiger charge is 2.14. The molecule has 1 aromatic carbocycles. The van der Waals surface area contributed by atoms with E-state index in [2.05, 4.69) is 4.72 Å². The minimum atomic E-state index is -3.37. The zero-order valence-electron chi connectivity index (χ0n) is 11.2. The van der Waals surface area contributed by atoms with Crippen LogP contribution < -0.4 is 4.72 Å². The number of thiophene rings is 1. The van der Waals surface area contributed by atoms with Crippen LogP contribution in [-0.2, 0) is 16.4 Å². The molecule has 20 heavy (non-hydrogen) atoms. The van der Waals surface area contributed by atoms with Crippen LogP contribution in [0.25, 0.3) is 0 Å². The van der Waals surface area contributed by atoms with E-state index in [9.17, 15) is 13.5 Å². The first kappa shape index (κ1) is 15.0. The maximum absolute atomic E-state index is 12.0. The molecular weight excluding hydrogens is 294 g/mol. The van der Waals surface area contributed by atoms with E-state index in [-0.39, 0.29) is 5.75 Å². The van der Waals surface area contributed by atoms with Gasteiger partial charge in [0.15, 0.2) is 0 Å². The monoisotopic (exact) mass is 311 g/mol. The summed E-state index contributed by atoms with van der Waals surface area (Å²) in [7, 11) is -3.37. The Labute approximate surface area is 123 Å². The molecule has 0 aliphatic heterocycles. The van der Waals surface area contributed by atoms with Gasteiger partial charge in [-0.05, 0) is 49.6 Å². The van der Waals surface area contributed by atoms with Crippen molar-refractivity contribution in [3.05, 3.63) is 46.8 Å². The molecule has 0 atom stereocenters. The maximum Gasteiger partial charge on any atom is 0.250 e. The van der Waals surface area contributed by atoms with Crippen LogP contribution in [0.1, 0.15) is 16.9 Å². The largest absolute Gasteiger partial charge is 0.508 e. The molecule has 2 N–H and O–H groups in total. The maximum atomic E-state index is 12.0. The summed E-state index contributed by atoms with van der Waals surface area (Å²) >= 11 is 1.27. The third-order valence-corrected chi connectivity index (χ3v) is 5.80. The lowest BCUT2D eigenvalue weighted by Crippen LogP contribution is -2.24. The summed E-state index contributed by atoms with van der Waals surface area (Å²) in [6.45, 7) is 2.29. The molecular formula is C14H17NO3S2. The number of rotatable bonds is 6. The van der Waals surface area contributed by atoms with E-state index in [1.807, 2.05) is 19.1 Å². The quantitative estimate of drug-likeness (QED) is 0.806. The van der Waals surface area contributed by atoms with Gasteiger partial charge in [0.05, 0.1) is 0 Å². The second-order valence-electron chi connectivity index (χ2n) is 4.53. The zero-order chi connectivity index (χ0) is 14.6. The Morgan fingerprint density at radius 1 is 1.15 bits per heavy atom. The summed E-state index contributed by atoms with van der Waals surface area (Å²) in [5.41, 5.74) is 1.08. The summed E-state index contributed by atoms with van der Waals surface area (Å²) < 4.78 is 26.9. The number of sulfonamides is 1. The Kier molecular flexibility index (Phi) is 4.80. The van der Waals surface area contributed by atoms with E-state index >= 15 is 0 Å². The lowest BCUT2D eigenvalue weighted by molar-refractivity contribution is 0.475. The molecule has 0 fully saturated rings.